The van der Waals surface area contributed by atoms with Crippen molar-refractivity contribution >= 4 is 62.3 Å². The summed E-state index contributed by atoms with van der Waals surface area (Å²) in [5.74, 6) is 0. The molecule has 0 unspecified atom stereocenters. The molecule has 2 aromatic carbocycles. The molecule has 4 rings (SSSR count). The molecule has 0 atom stereocenters. The molecule has 0 spiro atoms. The lowest BCUT2D eigenvalue weighted by Crippen LogP contribution is -2.06. The van der Waals surface area contributed by atoms with E-state index in [2.05, 4.69) is 16.0 Å². The van der Waals surface area contributed by atoms with Crippen molar-refractivity contribution in [2.45, 2.75) is 0 Å². The molecule has 128 valence electrons. The first-order chi connectivity index (χ1) is 12.6. The number of thiazole rings is 1. The van der Waals surface area contributed by atoms with Gasteiger partial charge in [-0.25, -0.2) is 4.98 Å². The van der Waals surface area contributed by atoms with Crippen LogP contribution in [0.2, 0.25) is 0 Å². The molecular formula is C17H10N5O2S2-. The second-order valence-electron chi connectivity index (χ2n) is 5.42. The van der Waals surface area contributed by atoms with E-state index in [-0.39, 0.29) is 10.9 Å². The molecule has 0 saturated heterocycles. The van der Waals surface area contributed by atoms with Crippen LogP contribution < -0.4 is 5.23 Å². The number of imidazole rings is 1. The van der Waals surface area contributed by atoms with Crippen molar-refractivity contribution in [1.29, 1.82) is 5.26 Å². The number of benzene rings is 2. The van der Waals surface area contributed by atoms with Crippen LogP contribution in [0.25, 0.3) is 33.0 Å². The number of aromatic nitrogens is 3. The summed E-state index contributed by atoms with van der Waals surface area (Å²) < 4.78 is 2.93. The molecular weight excluding hydrogens is 370 g/mol. The van der Waals surface area contributed by atoms with Gasteiger partial charge in [0.2, 0.25) is 0 Å². The highest BCUT2D eigenvalue weighted by Gasteiger charge is 2.11. The van der Waals surface area contributed by atoms with Crippen LogP contribution in [0.4, 0.5) is 5.69 Å². The van der Waals surface area contributed by atoms with Gasteiger partial charge in [-0.2, -0.15) is 5.26 Å². The molecule has 9 heteroatoms. The van der Waals surface area contributed by atoms with E-state index in [1.54, 1.807) is 16.8 Å². The maximum absolute atomic E-state index is 11.2. The predicted octanol–water partition coefficient (Wildman–Crippen LogP) is 4.52. The lowest BCUT2D eigenvalue weighted by molar-refractivity contribution is 0.296. The van der Waals surface area contributed by atoms with E-state index >= 15 is 0 Å². The number of nitrogens with zero attached hydrogens (tertiary/aromatic N) is 4. The van der Waals surface area contributed by atoms with E-state index in [1.807, 2.05) is 24.3 Å². The van der Waals surface area contributed by atoms with E-state index < -0.39 is 0 Å². The molecule has 26 heavy (non-hydrogen) atoms. The maximum atomic E-state index is 11.2. The number of fused-ring (bicyclic) bond motifs is 2. The fraction of sp³-hybridized carbons (Fsp3) is 0. The Balaban J connectivity index is 1.90. The number of anilines is 1. The van der Waals surface area contributed by atoms with E-state index in [4.69, 9.17) is 17.4 Å². The van der Waals surface area contributed by atoms with Crippen molar-refractivity contribution in [2.24, 2.45) is 0 Å². The molecule has 0 amide bonds. The van der Waals surface area contributed by atoms with Gasteiger partial charge in [-0.15, -0.1) is 11.3 Å². The van der Waals surface area contributed by atoms with E-state index in [9.17, 15) is 10.5 Å². The Morgan fingerprint density at radius 2 is 2.19 bits per heavy atom. The second kappa shape index (κ2) is 6.36. The molecule has 0 saturated carbocycles. The largest absolute Gasteiger partial charge is 0.733 e. The van der Waals surface area contributed by atoms with Crippen molar-refractivity contribution in [1.82, 2.24) is 14.5 Å². The SMILES string of the molecule is N#C/C(=C\n1c(=S)[nH]c2ccc(N([O-])O)cc21)c1nc2ccccc2s1. The minimum atomic E-state index is -0.220. The summed E-state index contributed by atoms with van der Waals surface area (Å²) in [6, 6.07) is 14.4. The van der Waals surface area contributed by atoms with Crippen molar-refractivity contribution < 1.29 is 5.21 Å². The van der Waals surface area contributed by atoms with Gasteiger partial charge in [-0.05, 0) is 42.5 Å². The smallest absolute Gasteiger partial charge is 0.182 e. The summed E-state index contributed by atoms with van der Waals surface area (Å²) in [7, 11) is 0. The van der Waals surface area contributed by atoms with E-state index in [0.29, 0.717) is 26.4 Å². The number of allylic oxidation sites excluding steroid dienone is 1. The van der Waals surface area contributed by atoms with Crippen molar-refractivity contribution in [3.8, 4) is 6.07 Å². The van der Waals surface area contributed by atoms with Gasteiger partial charge in [0.1, 0.15) is 16.6 Å². The summed E-state index contributed by atoms with van der Waals surface area (Å²) in [5, 5.41) is 30.2. The number of H-pyrrole nitrogens is 1. The van der Waals surface area contributed by atoms with Crippen molar-refractivity contribution in [3.05, 3.63) is 57.5 Å². The molecule has 2 aromatic heterocycles. The first-order valence-corrected chi connectivity index (χ1v) is 8.67. The van der Waals surface area contributed by atoms with Crippen LogP contribution in [0.5, 0.6) is 0 Å². The number of nitrogens with one attached hydrogen (secondary N) is 1. The number of hydrogen-bond donors (Lipinski definition) is 2. The Kier molecular flexibility index (Phi) is 4.02. The summed E-state index contributed by atoms with van der Waals surface area (Å²) >= 11 is 6.74. The predicted molar refractivity (Wildman–Crippen MR) is 104 cm³/mol. The average Bonchev–Trinajstić information content (AvgIpc) is 3.19. The minimum absolute atomic E-state index is 0.0622. The highest BCUT2D eigenvalue weighted by Crippen LogP contribution is 2.28. The van der Waals surface area contributed by atoms with Crippen LogP contribution in [-0.2, 0) is 0 Å². The lowest BCUT2D eigenvalue weighted by Gasteiger charge is -2.21. The first kappa shape index (κ1) is 16.4. The average molecular weight is 380 g/mol. The van der Waals surface area contributed by atoms with Gasteiger partial charge in [-0.3, -0.25) is 9.77 Å². The zero-order chi connectivity index (χ0) is 18.3. The van der Waals surface area contributed by atoms with E-state index in [0.717, 1.165) is 10.2 Å². The van der Waals surface area contributed by atoms with Gasteiger partial charge >= 0.3 is 0 Å². The third-order valence-corrected chi connectivity index (χ3v) is 5.19. The molecule has 4 aromatic rings. The third kappa shape index (κ3) is 2.77. The minimum Gasteiger partial charge on any atom is -0.733 e. The first-order valence-electron chi connectivity index (χ1n) is 7.45. The Morgan fingerprint density at radius 3 is 2.92 bits per heavy atom. The van der Waals surface area contributed by atoms with Crippen molar-refractivity contribution in [3.63, 3.8) is 0 Å². The molecule has 0 aliphatic rings. The van der Waals surface area contributed by atoms with Gasteiger partial charge in [0.25, 0.3) is 0 Å². The quantitative estimate of drug-likeness (QED) is 0.307. The second-order valence-corrected chi connectivity index (χ2v) is 6.83. The van der Waals surface area contributed by atoms with Crippen LogP contribution in [0.15, 0.2) is 42.5 Å². The Morgan fingerprint density at radius 1 is 1.38 bits per heavy atom. The van der Waals surface area contributed by atoms with Gasteiger partial charge in [0.05, 0.1) is 26.9 Å². The Labute approximate surface area is 156 Å². The van der Waals surface area contributed by atoms with Crippen LogP contribution in [0, 0.1) is 21.3 Å². The number of nitriles is 1. The van der Waals surface area contributed by atoms with Crippen LogP contribution in [-0.4, -0.2) is 19.7 Å². The molecule has 0 fully saturated rings. The van der Waals surface area contributed by atoms with Gasteiger partial charge < -0.3 is 15.4 Å². The molecule has 0 aliphatic carbocycles. The number of hydrogen-bond acceptors (Lipinski definition) is 7. The molecule has 0 radical (unpaired) electrons. The number of aromatic amines is 1. The topological polar surface area (TPSA) is 104 Å². The Bertz CT molecular complexity index is 1230. The van der Waals surface area contributed by atoms with Crippen LogP contribution in [0.1, 0.15) is 5.01 Å². The molecule has 2 heterocycles. The van der Waals surface area contributed by atoms with Crippen LogP contribution in [0.3, 0.4) is 0 Å². The maximum Gasteiger partial charge on any atom is 0.182 e. The van der Waals surface area contributed by atoms with Crippen LogP contribution >= 0.6 is 23.6 Å². The molecule has 0 bridgehead atoms. The monoisotopic (exact) mass is 380 g/mol. The lowest BCUT2D eigenvalue weighted by atomic mass is 10.2. The number of para-hydroxylation sites is 1. The zero-order valence-electron chi connectivity index (χ0n) is 13.1. The highest BCUT2D eigenvalue weighted by molar-refractivity contribution is 7.71. The Hall–Kier alpha value is -3.03. The third-order valence-electron chi connectivity index (χ3n) is 3.83. The highest BCUT2D eigenvalue weighted by atomic mass is 32.1. The fourth-order valence-corrected chi connectivity index (χ4v) is 3.79. The standard InChI is InChI=1S/C17H10N5O2S2/c18-8-10(16-19-13-3-1-2-4-15(13)26-16)9-21-14-7-11(22(23)24)5-6-12(14)20-17(21)25/h1-7,9,23H,(H,20,25)/q-1/b10-9+. The number of rotatable bonds is 3. The summed E-state index contributed by atoms with van der Waals surface area (Å²) in [6.45, 7) is 0. The fourth-order valence-electron chi connectivity index (χ4n) is 2.61. The van der Waals surface area contributed by atoms with Crippen molar-refractivity contribution in [2.75, 3.05) is 5.23 Å². The van der Waals surface area contributed by atoms with Gasteiger partial charge in [0.15, 0.2) is 4.77 Å². The summed E-state index contributed by atoms with van der Waals surface area (Å²) in [6.07, 6.45) is 1.58. The normalized spacial score (nSPS) is 11.8. The molecule has 7 nitrogen and oxygen atoms in total. The van der Waals surface area contributed by atoms with Gasteiger partial charge in [-0.1, -0.05) is 12.1 Å². The molecule has 0 aliphatic heterocycles. The zero-order valence-corrected chi connectivity index (χ0v) is 14.7. The summed E-state index contributed by atoms with van der Waals surface area (Å²) in [4.78, 5) is 7.50. The van der Waals surface area contributed by atoms with E-state index in [1.165, 1.54) is 23.5 Å². The van der Waals surface area contributed by atoms with Gasteiger partial charge in [0, 0.05) is 6.20 Å². The summed E-state index contributed by atoms with van der Waals surface area (Å²) in [5.41, 5.74) is 2.47. The molecule has 2 N–H and O–H groups in total.